The van der Waals surface area contributed by atoms with Crippen molar-refractivity contribution in [3.8, 4) is 0 Å². The Morgan fingerprint density at radius 3 is 2.53 bits per heavy atom. The summed E-state index contributed by atoms with van der Waals surface area (Å²) in [5, 5.41) is 0.600. The van der Waals surface area contributed by atoms with E-state index in [4.69, 9.17) is 16.3 Å². The molecule has 1 unspecified atom stereocenters. The molecule has 2 rings (SSSR count). The lowest BCUT2D eigenvalue weighted by Gasteiger charge is -2.35. The standard InChI is InChI=1S/C24H29ClN2O3/c1-6-8-18(7-2)16-30-24(29)23-17(3)27(14-13-26(4)5)22(28)15-21(23)19-9-11-20(25)12-10-19/h6-12,21H,1-2,13-16H2,3-5H3/b18-8+. The van der Waals surface area contributed by atoms with Crippen molar-refractivity contribution in [3.63, 3.8) is 0 Å². The molecule has 0 spiro atoms. The van der Waals surface area contributed by atoms with Gasteiger partial charge in [0.2, 0.25) is 5.91 Å². The smallest absolute Gasteiger partial charge is 0.336 e. The van der Waals surface area contributed by atoms with E-state index in [9.17, 15) is 9.59 Å². The molecule has 30 heavy (non-hydrogen) atoms. The van der Waals surface area contributed by atoms with Crippen LogP contribution in [0.2, 0.25) is 5.02 Å². The van der Waals surface area contributed by atoms with Crippen LogP contribution in [-0.2, 0) is 14.3 Å². The summed E-state index contributed by atoms with van der Waals surface area (Å²) >= 11 is 6.02. The molecule has 0 bridgehead atoms. The molecule has 0 saturated heterocycles. The van der Waals surface area contributed by atoms with E-state index in [-0.39, 0.29) is 24.9 Å². The zero-order valence-electron chi connectivity index (χ0n) is 17.9. The number of likely N-dealkylation sites (N-methyl/N-ethyl adjacent to an activating group) is 1. The highest BCUT2D eigenvalue weighted by molar-refractivity contribution is 6.30. The first-order valence-electron chi connectivity index (χ1n) is 9.81. The largest absolute Gasteiger partial charge is 0.457 e. The van der Waals surface area contributed by atoms with Crippen LogP contribution >= 0.6 is 11.6 Å². The first-order chi connectivity index (χ1) is 14.3. The molecule has 1 heterocycles. The van der Waals surface area contributed by atoms with E-state index in [1.807, 2.05) is 31.1 Å². The van der Waals surface area contributed by atoms with E-state index in [0.717, 1.165) is 11.1 Å². The highest BCUT2D eigenvalue weighted by Crippen LogP contribution is 2.37. The van der Waals surface area contributed by atoms with E-state index in [0.29, 0.717) is 29.4 Å². The third-order valence-electron chi connectivity index (χ3n) is 5.05. The third-order valence-corrected chi connectivity index (χ3v) is 5.30. The molecule has 1 aliphatic rings. The quantitative estimate of drug-likeness (QED) is 0.434. The van der Waals surface area contributed by atoms with Crippen LogP contribution < -0.4 is 0 Å². The second kappa shape index (κ2) is 11.0. The molecule has 1 amide bonds. The maximum absolute atomic E-state index is 13.1. The number of hydrogen-bond acceptors (Lipinski definition) is 4. The number of benzene rings is 1. The van der Waals surface area contributed by atoms with Crippen molar-refractivity contribution >= 4 is 23.5 Å². The number of carbonyl (C=O) groups is 2. The second-order valence-corrected chi connectivity index (χ2v) is 7.85. The van der Waals surface area contributed by atoms with Crippen molar-refractivity contribution in [1.29, 1.82) is 0 Å². The van der Waals surface area contributed by atoms with E-state index in [1.54, 1.807) is 42.2 Å². The van der Waals surface area contributed by atoms with E-state index >= 15 is 0 Å². The zero-order chi connectivity index (χ0) is 22.3. The Kier molecular flexibility index (Phi) is 8.63. The first-order valence-corrected chi connectivity index (χ1v) is 10.2. The topological polar surface area (TPSA) is 49.9 Å². The second-order valence-electron chi connectivity index (χ2n) is 7.41. The van der Waals surface area contributed by atoms with E-state index in [2.05, 4.69) is 13.2 Å². The molecule has 1 aromatic rings. The van der Waals surface area contributed by atoms with Gasteiger partial charge in [-0.15, -0.1) is 0 Å². The van der Waals surface area contributed by atoms with Gasteiger partial charge in [0.15, 0.2) is 0 Å². The SMILES string of the molecule is C=C/C=C(\C=C)COC(=O)C1=C(C)N(CCN(C)C)C(=O)CC1c1ccc(Cl)cc1. The summed E-state index contributed by atoms with van der Waals surface area (Å²) < 4.78 is 5.58. The summed E-state index contributed by atoms with van der Waals surface area (Å²) in [6, 6.07) is 7.23. The van der Waals surface area contributed by atoms with Gasteiger partial charge >= 0.3 is 5.97 Å². The third kappa shape index (κ3) is 5.94. The van der Waals surface area contributed by atoms with Gasteiger partial charge in [0.1, 0.15) is 6.61 Å². The molecule has 0 aromatic heterocycles. The Bertz CT molecular complexity index is 869. The minimum atomic E-state index is -0.438. The summed E-state index contributed by atoms with van der Waals surface area (Å²) in [5.41, 5.74) is 2.73. The normalized spacial score (nSPS) is 17.4. The van der Waals surface area contributed by atoms with Gasteiger partial charge in [0.25, 0.3) is 0 Å². The average Bonchev–Trinajstić information content (AvgIpc) is 2.70. The average molecular weight is 429 g/mol. The fourth-order valence-electron chi connectivity index (χ4n) is 3.39. The number of allylic oxidation sites excluding steroid dienone is 3. The van der Waals surface area contributed by atoms with Crippen molar-refractivity contribution in [2.45, 2.75) is 19.3 Å². The highest BCUT2D eigenvalue weighted by atomic mass is 35.5. The Morgan fingerprint density at radius 2 is 1.97 bits per heavy atom. The van der Waals surface area contributed by atoms with Crippen molar-refractivity contribution in [2.75, 3.05) is 33.8 Å². The number of carbonyl (C=O) groups excluding carboxylic acids is 2. The Balaban J connectivity index is 2.41. The molecule has 0 aliphatic carbocycles. The molecule has 1 atom stereocenters. The maximum atomic E-state index is 13.1. The molecular formula is C24H29ClN2O3. The molecule has 0 fully saturated rings. The lowest BCUT2D eigenvalue weighted by atomic mass is 9.83. The van der Waals surface area contributed by atoms with Crippen molar-refractivity contribution in [2.24, 2.45) is 0 Å². The lowest BCUT2D eigenvalue weighted by molar-refractivity contribution is -0.139. The number of hydrogen-bond donors (Lipinski definition) is 0. The minimum absolute atomic E-state index is 0.0100. The number of halogens is 1. The first kappa shape index (κ1) is 23.6. The summed E-state index contributed by atoms with van der Waals surface area (Å²) in [5.74, 6) is -0.829. The van der Waals surface area contributed by atoms with Crippen molar-refractivity contribution < 1.29 is 14.3 Å². The van der Waals surface area contributed by atoms with Crippen LogP contribution in [0.4, 0.5) is 0 Å². The molecule has 1 aromatic carbocycles. The molecule has 6 heteroatoms. The van der Waals surface area contributed by atoms with Gasteiger partial charge in [-0.1, -0.05) is 55.1 Å². The molecule has 0 N–H and O–H groups in total. The van der Waals surface area contributed by atoms with Gasteiger partial charge in [-0.2, -0.15) is 0 Å². The molecule has 160 valence electrons. The number of ether oxygens (including phenoxy) is 1. The summed E-state index contributed by atoms with van der Waals surface area (Å²) in [4.78, 5) is 29.7. The number of rotatable bonds is 9. The number of nitrogens with zero attached hydrogens (tertiary/aromatic N) is 2. The predicted molar refractivity (Wildman–Crippen MR) is 121 cm³/mol. The minimum Gasteiger partial charge on any atom is -0.457 e. The molecule has 1 aliphatic heterocycles. The molecule has 0 saturated carbocycles. The summed E-state index contributed by atoms with van der Waals surface area (Å²) in [6.45, 7) is 10.5. The predicted octanol–water partition coefficient (Wildman–Crippen LogP) is 4.33. The Labute approximate surface area is 183 Å². The monoisotopic (exact) mass is 428 g/mol. The Hall–Kier alpha value is -2.63. The van der Waals surface area contributed by atoms with Crippen LogP contribution in [0.15, 0.2) is 72.5 Å². The van der Waals surface area contributed by atoms with Crippen LogP contribution in [0, 0.1) is 0 Å². The van der Waals surface area contributed by atoms with Crippen molar-refractivity contribution in [1.82, 2.24) is 9.80 Å². The van der Waals surface area contributed by atoms with Crippen LogP contribution in [0.5, 0.6) is 0 Å². The van der Waals surface area contributed by atoms with Crippen LogP contribution in [-0.4, -0.2) is 55.5 Å². The van der Waals surface area contributed by atoms with Gasteiger partial charge in [-0.3, -0.25) is 4.79 Å². The van der Waals surface area contributed by atoms with Crippen molar-refractivity contribution in [3.05, 3.63) is 83.1 Å². The van der Waals surface area contributed by atoms with E-state index < -0.39 is 5.97 Å². The van der Waals surface area contributed by atoms with Gasteiger partial charge in [0.05, 0.1) is 5.57 Å². The lowest BCUT2D eigenvalue weighted by Crippen LogP contribution is -2.41. The van der Waals surface area contributed by atoms with Crippen LogP contribution in [0.25, 0.3) is 0 Å². The molecule has 0 radical (unpaired) electrons. The van der Waals surface area contributed by atoms with Gasteiger partial charge in [0, 0.05) is 36.1 Å². The van der Waals surface area contributed by atoms with Crippen LogP contribution in [0.1, 0.15) is 24.8 Å². The summed E-state index contributed by atoms with van der Waals surface area (Å²) in [7, 11) is 3.89. The number of esters is 1. The van der Waals surface area contributed by atoms with Gasteiger partial charge in [-0.05, 0) is 44.3 Å². The van der Waals surface area contributed by atoms with Gasteiger partial charge < -0.3 is 14.5 Å². The fourth-order valence-corrected chi connectivity index (χ4v) is 3.51. The van der Waals surface area contributed by atoms with E-state index in [1.165, 1.54) is 0 Å². The highest BCUT2D eigenvalue weighted by Gasteiger charge is 2.36. The van der Waals surface area contributed by atoms with Crippen LogP contribution in [0.3, 0.4) is 0 Å². The maximum Gasteiger partial charge on any atom is 0.336 e. The van der Waals surface area contributed by atoms with Gasteiger partial charge in [-0.25, -0.2) is 4.79 Å². The Morgan fingerprint density at radius 1 is 1.30 bits per heavy atom. The molecule has 5 nitrogen and oxygen atoms in total. The number of amides is 1. The zero-order valence-corrected chi connectivity index (χ0v) is 18.6. The molecular weight excluding hydrogens is 400 g/mol. The fraction of sp³-hybridized carbons (Fsp3) is 0.333. The summed E-state index contributed by atoms with van der Waals surface area (Å²) in [6.07, 6.45) is 5.19.